The number of pyridine rings is 1. The second-order valence-electron chi connectivity index (χ2n) is 4.75. The number of hydrogen-bond acceptors (Lipinski definition) is 4. The molecule has 21 heavy (non-hydrogen) atoms. The van der Waals surface area contributed by atoms with E-state index in [0.29, 0.717) is 11.1 Å². The number of benzene rings is 1. The van der Waals surface area contributed by atoms with E-state index < -0.39 is 17.6 Å². The lowest BCUT2D eigenvalue weighted by Crippen LogP contribution is -2.29. The van der Waals surface area contributed by atoms with Crippen LogP contribution >= 0.6 is 0 Å². The number of carboxylic acids is 1. The van der Waals surface area contributed by atoms with Gasteiger partial charge in [0.2, 0.25) is 0 Å². The molecule has 0 aliphatic heterocycles. The molecule has 0 aliphatic carbocycles. The molecule has 0 spiro atoms. The van der Waals surface area contributed by atoms with E-state index in [0.717, 1.165) is 4.57 Å². The third kappa shape index (κ3) is 3.11. The molecule has 0 saturated carbocycles. The maximum atomic E-state index is 12.1. The molecule has 1 unspecified atom stereocenters. The Morgan fingerprint density at radius 2 is 2.05 bits per heavy atom. The third-order valence-electron chi connectivity index (χ3n) is 3.21. The summed E-state index contributed by atoms with van der Waals surface area (Å²) in [5.74, 6) is -1.28. The fraction of sp³-hybridized carbons (Fsp3) is 0.200. The number of aryl methyl sites for hydroxylation is 1. The van der Waals surface area contributed by atoms with Crippen molar-refractivity contribution >= 4 is 5.97 Å². The van der Waals surface area contributed by atoms with Crippen LogP contribution in [0.2, 0.25) is 0 Å². The topological polar surface area (TPSA) is 99.8 Å². The summed E-state index contributed by atoms with van der Waals surface area (Å²) < 4.78 is 1.14. The van der Waals surface area contributed by atoms with Crippen molar-refractivity contribution in [2.24, 2.45) is 0 Å². The van der Waals surface area contributed by atoms with Crippen molar-refractivity contribution in [2.75, 3.05) is 0 Å². The molecule has 0 aliphatic rings. The Labute approximate surface area is 120 Å². The standard InChI is InChI=1S/C15H15NO5/c1-9-5-6-16(14(19)13(9)15(20)21)8-12(18)10-3-2-4-11(17)7-10/h2-7,12,17-18H,8H2,1H3,(H,20,21). The summed E-state index contributed by atoms with van der Waals surface area (Å²) in [7, 11) is 0. The third-order valence-corrected chi connectivity index (χ3v) is 3.21. The summed E-state index contributed by atoms with van der Waals surface area (Å²) >= 11 is 0. The number of nitrogens with zero attached hydrogens (tertiary/aromatic N) is 1. The zero-order chi connectivity index (χ0) is 15.6. The van der Waals surface area contributed by atoms with Crippen LogP contribution in [0.25, 0.3) is 0 Å². The quantitative estimate of drug-likeness (QED) is 0.787. The smallest absolute Gasteiger partial charge is 0.341 e. The molecule has 1 heterocycles. The van der Waals surface area contributed by atoms with Gasteiger partial charge in [-0.2, -0.15) is 0 Å². The van der Waals surface area contributed by atoms with Crippen molar-refractivity contribution in [2.45, 2.75) is 19.6 Å². The van der Waals surface area contributed by atoms with Crippen LogP contribution in [0.1, 0.15) is 27.6 Å². The summed E-state index contributed by atoms with van der Waals surface area (Å²) in [6, 6.07) is 7.56. The monoisotopic (exact) mass is 289 g/mol. The zero-order valence-corrected chi connectivity index (χ0v) is 11.4. The Bertz CT molecular complexity index is 735. The summed E-state index contributed by atoms with van der Waals surface area (Å²) in [5.41, 5.74) is -0.155. The lowest BCUT2D eigenvalue weighted by Gasteiger charge is -2.14. The molecule has 1 aromatic carbocycles. The Kier molecular flexibility index (Phi) is 4.09. The lowest BCUT2D eigenvalue weighted by molar-refractivity contribution is 0.0692. The maximum absolute atomic E-state index is 12.1. The minimum absolute atomic E-state index is 0.00836. The van der Waals surface area contributed by atoms with Crippen molar-refractivity contribution in [1.29, 1.82) is 0 Å². The predicted octanol–water partition coefficient (Wildman–Crippen LogP) is 1.29. The summed E-state index contributed by atoms with van der Waals surface area (Å²) in [4.78, 5) is 23.2. The van der Waals surface area contributed by atoms with Crippen LogP contribution in [-0.4, -0.2) is 25.9 Å². The molecule has 6 heteroatoms. The van der Waals surface area contributed by atoms with E-state index in [-0.39, 0.29) is 17.9 Å². The molecule has 6 nitrogen and oxygen atoms in total. The molecule has 1 aromatic heterocycles. The van der Waals surface area contributed by atoms with Gasteiger partial charge in [-0.15, -0.1) is 0 Å². The molecular weight excluding hydrogens is 274 g/mol. The molecule has 2 rings (SSSR count). The summed E-state index contributed by atoms with van der Waals surface area (Å²) in [6.07, 6.45) is 0.412. The van der Waals surface area contributed by atoms with Crippen molar-refractivity contribution in [3.05, 3.63) is 63.6 Å². The first-order valence-corrected chi connectivity index (χ1v) is 6.30. The first-order chi connectivity index (χ1) is 9.90. The number of aromatic carboxylic acids is 1. The molecule has 0 fully saturated rings. The SMILES string of the molecule is Cc1ccn(CC(O)c2cccc(O)c2)c(=O)c1C(=O)O. The highest BCUT2D eigenvalue weighted by atomic mass is 16.4. The van der Waals surface area contributed by atoms with Gasteiger partial charge in [0.05, 0.1) is 12.6 Å². The number of phenolic OH excluding ortho intramolecular Hbond substituents is 1. The van der Waals surface area contributed by atoms with Crippen LogP contribution < -0.4 is 5.56 Å². The van der Waals surface area contributed by atoms with E-state index in [9.17, 15) is 19.8 Å². The number of carboxylic acid groups (broad SMARTS) is 1. The molecule has 3 N–H and O–H groups in total. The van der Waals surface area contributed by atoms with Crippen LogP contribution in [0, 0.1) is 6.92 Å². The molecule has 0 radical (unpaired) electrons. The molecule has 0 bridgehead atoms. The van der Waals surface area contributed by atoms with E-state index in [4.69, 9.17) is 5.11 Å². The fourth-order valence-corrected chi connectivity index (χ4v) is 2.09. The van der Waals surface area contributed by atoms with Gasteiger partial charge < -0.3 is 19.9 Å². The van der Waals surface area contributed by atoms with Gasteiger partial charge in [0.25, 0.3) is 5.56 Å². The largest absolute Gasteiger partial charge is 0.508 e. The Hall–Kier alpha value is -2.60. The van der Waals surface area contributed by atoms with Gasteiger partial charge in [-0.3, -0.25) is 4.79 Å². The first kappa shape index (κ1) is 14.8. The van der Waals surface area contributed by atoms with Gasteiger partial charge >= 0.3 is 5.97 Å². The minimum Gasteiger partial charge on any atom is -0.508 e. The molecule has 2 aromatic rings. The number of aromatic hydroxyl groups is 1. The molecule has 1 atom stereocenters. The van der Waals surface area contributed by atoms with Crippen LogP contribution in [0.3, 0.4) is 0 Å². The highest BCUT2D eigenvalue weighted by Crippen LogP contribution is 2.19. The highest BCUT2D eigenvalue weighted by Gasteiger charge is 2.16. The van der Waals surface area contributed by atoms with Gasteiger partial charge in [0, 0.05) is 6.20 Å². The van der Waals surface area contributed by atoms with Crippen LogP contribution in [0.15, 0.2) is 41.3 Å². The van der Waals surface area contributed by atoms with E-state index >= 15 is 0 Å². The Morgan fingerprint density at radius 3 is 2.67 bits per heavy atom. The number of aliphatic hydroxyl groups is 1. The van der Waals surface area contributed by atoms with Crippen molar-refractivity contribution < 1.29 is 20.1 Å². The van der Waals surface area contributed by atoms with Gasteiger partial charge in [-0.05, 0) is 36.2 Å². The van der Waals surface area contributed by atoms with E-state index in [2.05, 4.69) is 0 Å². The Balaban J connectivity index is 2.34. The van der Waals surface area contributed by atoms with Gasteiger partial charge in [0.15, 0.2) is 0 Å². The first-order valence-electron chi connectivity index (χ1n) is 6.30. The number of aliphatic hydroxyl groups excluding tert-OH is 1. The van der Waals surface area contributed by atoms with E-state index in [1.165, 1.54) is 24.4 Å². The molecular formula is C15H15NO5. The predicted molar refractivity (Wildman–Crippen MR) is 75.5 cm³/mol. The second-order valence-corrected chi connectivity index (χ2v) is 4.75. The molecule has 0 amide bonds. The van der Waals surface area contributed by atoms with Crippen LogP contribution in [0.5, 0.6) is 5.75 Å². The molecule has 0 saturated heterocycles. The van der Waals surface area contributed by atoms with E-state index in [1.807, 2.05) is 0 Å². The number of rotatable bonds is 4. The maximum Gasteiger partial charge on any atom is 0.341 e. The molecule has 110 valence electrons. The van der Waals surface area contributed by atoms with Crippen molar-refractivity contribution in [3.8, 4) is 5.75 Å². The van der Waals surface area contributed by atoms with Gasteiger partial charge in [0.1, 0.15) is 11.3 Å². The summed E-state index contributed by atoms with van der Waals surface area (Å²) in [5, 5.41) is 28.5. The average Bonchev–Trinajstić information content (AvgIpc) is 2.41. The number of aromatic nitrogens is 1. The number of hydrogen-bond donors (Lipinski definition) is 3. The van der Waals surface area contributed by atoms with Crippen molar-refractivity contribution in [3.63, 3.8) is 0 Å². The van der Waals surface area contributed by atoms with E-state index in [1.54, 1.807) is 19.1 Å². The average molecular weight is 289 g/mol. The van der Waals surface area contributed by atoms with Crippen molar-refractivity contribution in [1.82, 2.24) is 4.57 Å². The van der Waals surface area contributed by atoms with Gasteiger partial charge in [-0.25, -0.2) is 4.79 Å². The van der Waals surface area contributed by atoms with Crippen LogP contribution in [-0.2, 0) is 6.54 Å². The highest BCUT2D eigenvalue weighted by molar-refractivity contribution is 5.88. The van der Waals surface area contributed by atoms with Crippen LogP contribution in [0.4, 0.5) is 0 Å². The fourth-order valence-electron chi connectivity index (χ4n) is 2.09. The summed E-state index contributed by atoms with van der Waals surface area (Å²) in [6.45, 7) is 1.45. The number of phenols is 1. The Morgan fingerprint density at radius 1 is 1.33 bits per heavy atom. The van der Waals surface area contributed by atoms with Gasteiger partial charge in [-0.1, -0.05) is 12.1 Å². The zero-order valence-electron chi connectivity index (χ0n) is 11.4. The number of carbonyl (C=O) groups is 1. The minimum atomic E-state index is -1.29. The second kappa shape index (κ2) is 5.80. The normalized spacial score (nSPS) is 12.1. The lowest BCUT2D eigenvalue weighted by atomic mass is 10.1.